The van der Waals surface area contributed by atoms with E-state index >= 15 is 0 Å². The van der Waals surface area contributed by atoms with Crippen molar-refractivity contribution < 1.29 is 21.7 Å². The van der Waals surface area contributed by atoms with Crippen LogP contribution in [0.15, 0.2) is 18.3 Å². The second-order valence-corrected chi connectivity index (χ2v) is 1.32. The monoisotopic (exact) mass is 211 g/mol. The van der Waals surface area contributed by atoms with E-state index in [9.17, 15) is 0 Å². The first-order valence-electron chi connectivity index (χ1n) is 2.30. The Labute approximate surface area is 86.9 Å². The fourth-order valence-electron chi connectivity index (χ4n) is 0.425. The molecule has 0 aliphatic carbocycles. The molecule has 0 fully saturated rings. The minimum absolute atomic E-state index is 0. The van der Waals surface area contributed by atoms with Gasteiger partial charge in [0.05, 0.1) is 7.11 Å². The van der Waals surface area contributed by atoms with E-state index in [1.165, 1.54) is 0 Å². The molecule has 0 saturated heterocycles. The Morgan fingerprint density at radius 2 is 2.30 bits per heavy atom. The molecular formula is C6H6BrMgNO. The van der Waals surface area contributed by atoms with E-state index < -0.39 is 0 Å². The number of aromatic nitrogens is 1. The number of hydrogen-bond acceptors (Lipinski definition) is 2. The summed E-state index contributed by atoms with van der Waals surface area (Å²) in [6.45, 7) is 0. The van der Waals surface area contributed by atoms with Gasteiger partial charge in [0.1, 0.15) is 0 Å². The second-order valence-electron chi connectivity index (χ2n) is 1.32. The predicted molar refractivity (Wildman–Crippen MR) is 35.4 cm³/mol. The number of nitrogens with zero attached hydrogens (tertiary/aromatic N) is 1. The van der Waals surface area contributed by atoms with Crippen LogP contribution in [0.2, 0.25) is 0 Å². The van der Waals surface area contributed by atoms with Crippen molar-refractivity contribution in [2.45, 2.75) is 0 Å². The van der Waals surface area contributed by atoms with Crippen LogP contribution >= 0.6 is 0 Å². The molecule has 0 aliphatic heterocycles. The van der Waals surface area contributed by atoms with E-state index in [2.05, 4.69) is 11.2 Å². The molecule has 1 aromatic heterocycles. The normalized spacial score (nSPS) is 6.90. The van der Waals surface area contributed by atoms with Gasteiger partial charge in [-0.3, -0.25) is 0 Å². The van der Waals surface area contributed by atoms with Crippen molar-refractivity contribution in [3.8, 4) is 5.75 Å². The molecule has 10 heavy (non-hydrogen) atoms. The molecule has 0 aromatic carbocycles. The summed E-state index contributed by atoms with van der Waals surface area (Å²) in [5.41, 5.74) is 0. The van der Waals surface area contributed by atoms with Crippen LogP contribution in [0.5, 0.6) is 5.75 Å². The molecule has 1 rings (SSSR count). The molecule has 1 heterocycles. The summed E-state index contributed by atoms with van der Waals surface area (Å²) in [7, 11) is 1.59. The first-order chi connectivity index (χ1) is 3.93. The van der Waals surface area contributed by atoms with Crippen molar-refractivity contribution >= 4 is 23.1 Å². The number of methoxy groups -OCH3 is 1. The van der Waals surface area contributed by atoms with Gasteiger partial charge in [-0.2, -0.15) is 6.07 Å². The van der Waals surface area contributed by atoms with E-state index in [1.807, 2.05) is 0 Å². The third-order valence-electron chi connectivity index (χ3n) is 0.803. The molecule has 0 spiro atoms. The first-order valence-corrected chi connectivity index (χ1v) is 2.30. The molecular weight excluding hydrogens is 206 g/mol. The maximum absolute atomic E-state index is 4.80. The molecule has 0 N–H and O–H groups in total. The number of rotatable bonds is 1. The van der Waals surface area contributed by atoms with Gasteiger partial charge in [-0.25, -0.2) is 0 Å². The molecule has 2 nitrogen and oxygen atoms in total. The summed E-state index contributed by atoms with van der Waals surface area (Å²) in [5, 5.41) is 0. The van der Waals surface area contributed by atoms with Crippen LogP contribution in [0, 0.1) is 6.20 Å². The van der Waals surface area contributed by atoms with Gasteiger partial charge in [-0.05, 0) is 6.20 Å². The SMILES string of the molecule is COc1[c-]nccc1.[Br-].[Mg+2]. The second kappa shape index (κ2) is 7.30. The largest absolute Gasteiger partial charge is 2.00 e. The van der Waals surface area contributed by atoms with Crippen LogP contribution in [-0.4, -0.2) is 35.1 Å². The van der Waals surface area contributed by atoms with Gasteiger partial charge in [0.2, 0.25) is 0 Å². The van der Waals surface area contributed by atoms with Gasteiger partial charge < -0.3 is 26.7 Å². The molecule has 0 unspecified atom stereocenters. The van der Waals surface area contributed by atoms with Crippen LogP contribution in [0.4, 0.5) is 0 Å². The molecule has 0 saturated carbocycles. The first kappa shape index (κ1) is 12.8. The molecule has 0 amide bonds. The molecule has 50 valence electrons. The number of halogens is 1. The van der Waals surface area contributed by atoms with Gasteiger partial charge in [-0.1, -0.05) is 6.20 Å². The van der Waals surface area contributed by atoms with E-state index in [0.29, 0.717) is 5.75 Å². The van der Waals surface area contributed by atoms with E-state index in [-0.39, 0.29) is 40.0 Å². The van der Waals surface area contributed by atoms with Gasteiger partial charge >= 0.3 is 23.1 Å². The summed E-state index contributed by atoms with van der Waals surface area (Å²) in [5.74, 6) is 0.674. The fraction of sp³-hybridized carbons (Fsp3) is 0.167. The summed E-state index contributed by atoms with van der Waals surface area (Å²) in [6, 6.07) is 3.60. The van der Waals surface area contributed by atoms with E-state index in [0.717, 1.165) is 0 Å². The van der Waals surface area contributed by atoms with Crippen LogP contribution in [0.1, 0.15) is 0 Å². The van der Waals surface area contributed by atoms with E-state index in [4.69, 9.17) is 4.74 Å². The van der Waals surface area contributed by atoms with Crippen molar-refractivity contribution in [2.75, 3.05) is 7.11 Å². The zero-order valence-electron chi connectivity index (χ0n) is 5.67. The summed E-state index contributed by atoms with van der Waals surface area (Å²) in [4.78, 5) is 3.71. The minimum Gasteiger partial charge on any atom is -1.00 e. The number of pyridine rings is 1. The van der Waals surface area contributed by atoms with Gasteiger partial charge in [0.25, 0.3) is 0 Å². The Morgan fingerprint density at radius 1 is 1.60 bits per heavy atom. The quantitative estimate of drug-likeness (QED) is 0.380. The zero-order valence-corrected chi connectivity index (χ0v) is 8.67. The predicted octanol–water partition coefficient (Wildman–Crippen LogP) is -2.49. The smallest absolute Gasteiger partial charge is 1.00 e. The molecule has 4 heteroatoms. The third-order valence-corrected chi connectivity index (χ3v) is 0.803. The molecule has 0 bridgehead atoms. The fourth-order valence-corrected chi connectivity index (χ4v) is 0.425. The number of hydrogen-bond donors (Lipinski definition) is 0. The Hall–Kier alpha value is 0.196. The Morgan fingerprint density at radius 3 is 2.60 bits per heavy atom. The van der Waals surface area contributed by atoms with E-state index in [1.54, 1.807) is 25.4 Å². The van der Waals surface area contributed by atoms with Gasteiger partial charge in [0.15, 0.2) is 0 Å². The Kier molecular flexibility index (Phi) is 9.38. The maximum Gasteiger partial charge on any atom is 2.00 e. The summed E-state index contributed by atoms with van der Waals surface area (Å²) in [6.07, 6.45) is 4.30. The van der Waals surface area contributed by atoms with Crippen LogP contribution < -0.4 is 21.7 Å². The van der Waals surface area contributed by atoms with Gasteiger partial charge in [0, 0.05) is 5.75 Å². The van der Waals surface area contributed by atoms with Crippen molar-refractivity contribution in [3.05, 3.63) is 24.5 Å². The molecule has 0 atom stereocenters. The Bertz CT molecular complexity index is 159. The third kappa shape index (κ3) is 4.08. The zero-order chi connectivity index (χ0) is 5.82. The van der Waals surface area contributed by atoms with Crippen molar-refractivity contribution in [2.24, 2.45) is 0 Å². The standard InChI is InChI=1S/C6H6NO.BrH.Mg/c1-8-6-3-2-4-7-5-6;;/h2-4H,1H3;1H;/q-1;;+2/p-1. The minimum atomic E-state index is 0. The van der Waals surface area contributed by atoms with Crippen molar-refractivity contribution in [3.63, 3.8) is 0 Å². The van der Waals surface area contributed by atoms with Crippen molar-refractivity contribution in [1.29, 1.82) is 0 Å². The molecule has 1 aromatic rings. The van der Waals surface area contributed by atoms with Gasteiger partial charge in [-0.15, -0.1) is 6.07 Å². The van der Waals surface area contributed by atoms with Crippen LogP contribution in [-0.2, 0) is 0 Å². The van der Waals surface area contributed by atoms with Crippen LogP contribution in [0.25, 0.3) is 0 Å². The number of ether oxygens (including phenoxy) is 1. The maximum atomic E-state index is 4.80. The van der Waals surface area contributed by atoms with Crippen LogP contribution in [0.3, 0.4) is 0 Å². The molecule has 0 radical (unpaired) electrons. The Balaban J connectivity index is 0. The average molecular weight is 212 g/mol. The molecule has 0 aliphatic rings. The average Bonchev–Trinajstić information content (AvgIpc) is 1.90. The van der Waals surface area contributed by atoms with Crippen molar-refractivity contribution in [1.82, 2.24) is 4.98 Å². The summed E-state index contributed by atoms with van der Waals surface area (Å²) < 4.78 is 4.80. The topological polar surface area (TPSA) is 22.1 Å². The summed E-state index contributed by atoms with van der Waals surface area (Å²) >= 11 is 0.